The maximum Gasteiger partial charge on any atom is 0.191 e. The van der Waals surface area contributed by atoms with Crippen LogP contribution in [0.15, 0.2) is 35.3 Å². The van der Waals surface area contributed by atoms with Gasteiger partial charge in [0.25, 0.3) is 0 Å². The van der Waals surface area contributed by atoms with Gasteiger partial charge >= 0.3 is 0 Å². The Morgan fingerprint density at radius 1 is 1.29 bits per heavy atom. The van der Waals surface area contributed by atoms with Crippen molar-refractivity contribution in [3.8, 4) is 0 Å². The van der Waals surface area contributed by atoms with Crippen LogP contribution in [0.3, 0.4) is 0 Å². The summed E-state index contributed by atoms with van der Waals surface area (Å²) >= 11 is 0. The molecule has 0 aliphatic rings. The minimum Gasteiger partial charge on any atom is -0.383 e. The van der Waals surface area contributed by atoms with Gasteiger partial charge in [-0.15, -0.1) is 24.0 Å². The fraction of sp³-hybridized carbons (Fsp3) is 0.562. The zero-order valence-electron chi connectivity index (χ0n) is 14.5. The first-order valence-corrected chi connectivity index (χ1v) is 9.49. The first-order chi connectivity index (χ1) is 11.0. The lowest BCUT2D eigenvalue weighted by atomic mass is 10.2. The summed E-state index contributed by atoms with van der Waals surface area (Å²) in [6, 6.07) is 9.38. The van der Waals surface area contributed by atoms with E-state index in [4.69, 9.17) is 4.74 Å². The smallest absolute Gasteiger partial charge is 0.191 e. The molecule has 0 saturated carbocycles. The van der Waals surface area contributed by atoms with E-state index in [1.54, 1.807) is 14.2 Å². The fourth-order valence-corrected chi connectivity index (χ4v) is 3.55. The van der Waals surface area contributed by atoms with Gasteiger partial charge in [-0.05, 0) is 18.9 Å². The highest BCUT2D eigenvalue weighted by molar-refractivity contribution is 14.0. The van der Waals surface area contributed by atoms with Crippen molar-refractivity contribution in [1.29, 1.82) is 0 Å². The van der Waals surface area contributed by atoms with E-state index >= 15 is 0 Å². The van der Waals surface area contributed by atoms with E-state index < -0.39 is 9.84 Å². The number of aliphatic imine (C=N–C) groups is 1. The number of hydrogen-bond acceptors (Lipinski definition) is 4. The van der Waals surface area contributed by atoms with Crippen LogP contribution in [0.1, 0.15) is 18.9 Å². The van der Waals surface area contributed by atoms with Gasteiger partial charge < -0.3 is 15.4 Å². The van der Waals surface area contributed by atoms with Gasteiger partial charge in [-0.3, -0.25) is 4.99 Å². The lowest BCUT2D eigenvalue weighted by Crippen LogP contribution is -2.44. The molecule has 1 aromatic rings. The molecule has 0 bridgehead atoms. The largest absolute Gasteiger partial charge is 0.383 e. The Balaban J connectivity index is 0.00000529. The predicted molar refractivity (Wildman–Crippen MR) is 110 cm³/mol. The quantitative estimate of drug-likeness (QED) is 0.250. The van der Waals surface area contributed by atoms with E-state index in [1.165, 1.54) is 0 Å². The van der Waals surface area contributed by atoms with E-state index in [0.717, 1.165) is 5.56 Å². The third-order valence-corrected chi connectivity index (χ3v) is 4.86. The summed E-state index contributed by atoms with van der Waals surface area (Å²) in [5.41, 5.74) is 0.825. The zero-order chi connectivity index (χ0) is 17.1. The molecule has 0 heterocycles. The summed E-state index contributed by atoms with van der Waals surface area (Å²) < 4.78 is 29.2. The van der Waals surface area contributed by atoms with E-state index in [-0.39, 0.29) is 41.5 Å². The molecule has 0 aromatic heterocycles. The van der Waals surface area contributed by atoms with Gasteiger partial charge in [0.15, 0.2) is 15.8 Å². The Bertz CT molecular complexity index is 579. The maximum atomic E-state index is 12.1. The molecule has 6 nitrogen and oxygen atoms in total. The number of hydrogen-bond donors (Lipinski definition) is 2. The Kier molecular flexibility index (Phi) is 12.0. The normalized spacial score (nSPS) is 13.0. The number of benzene rings is 1. The molecule has 1 rings (SSSR count). The van der Waals surface area contributed by atoms with Crippen molar-refractivity contribution in [3.63, 3.8) is 0 Å². The standard InChI is InChI=1S/C16H27N3O3S.HI/c1-14(12-22-3)19-16(17-2)18-10-7-11-23(20,21)13-15-8-5-4-6-9-15;/h4-6,8-9,14H,7,10-13H2,1-3H3,(H2,17,18,19);1H. The van der Waals surface area contributed by atoms with Gasteiger partial charge in [0.1, 0.15) is 0 Å². The Hall–Kier alpha value is -0.870. The van der Waals surface area contributed by atoms with Gasteiger partial charge in [0.2, 0.25) is 0 Å². The van der Waals surface area contributed by atoms with Crippen LogP contribution in [0.5, 0.6) is 0 Å². The molecule has 138 valence electrons. The highest BCUT2D eigenvalue weighted by Gasteiger charge is 2.12. The molecule has 0 fully saturated rings. The highest BCUT2D eigenvalue weighted by Crippen LogP contribution is 2.06. The van der Waals surface area contributed by atoms with Crippen LogP contribution in [-0.4, -0.2) is 53.5 Å². The molecule has 8 heteroatoms. The molecule has 0 aliphatic heterocycles. The number of nitrogens with zero attached hydrogens (tertiary/aromatic N) is 1. The van der Waals surface area contributed by atoms with Crippen LogP contribution in [-0.2, 0) is 20.3 Å². The van der Waals surface area contributed by atoms with Crippen molar-refractivity contribution in [1.82, 2.24) is 10.6 Å². The van der Waals surface area contributed by atoms with Gasteiger partial charge in [0, 0.05) is 26.7 Å². The minimum atomic E-state index is -3.09. The lowest BCUT2D eigenvalue weighted by molar-refractivity contribution is 0.179. The third-order valence-electron chi connectivity index (χ3n) is 3.18. The number of ether oxygens (including phenoxy) is 1. The Labute approximate surface area is 162 Å². The number of nitrogens with one attached hydrogen (secondary N) is 2. The molecular weight excluding hydrogens is 441 g/mol. The summed E-state index contributed by atoms with van der Waals surface area (Å²) in [6.45, 7) is 3.11. The van der Waals surface area contributed by atoms with Crippen molar-refractivity contribution in [2.24, 2.45) is 4.99 Å². The average molecular weight is 469 g/mol. The minimum absolute atomic E-state index is 0. The highest BCUT2D eigenvalue weighted by atomic mass is 127. The molecule has 1 aromatic carbocycles. The molecule has 2 N–H and O–H groups in total. The second-order valence-corrected chi connectivity index (χ2v) is 7.61. The van der Waals surface area contributed by atoms with E-state index in [2.05, 4.69) is 15.6 Å². The number of rotatable bonds is 9. The van der Waals surface area contributed by atoms with Gasteiger partial charge in [-0.1, -0.05) is 30.3 Å². The van der Waals surface area contributed by atoms with Crippen LogP contribution in [0.2, 0.25) is 0 Å². The average Bonchev–Trinajstić information content (AvgIpc) is 2.51. The monoisotopic (exact) mass is 469 g/mol. The second-order valence-electron chi connectivity index (χ2n) is 5.43. The predicted octanol–water partition coefficient (Wildman–Crippen LogP) is 1.81. The summed E-state index contributed by atoms with van der Waals surface area (Å²) in [4.78, 5) is 4.10. The van der Waals surface area contributed by atoms with Crippen LogP contribution >= 0.6 is 24.0 Å². The zero-order valence-corrected chi connectivity index (χ0v) is 17.6. The lowest BCUT2D eigenvalue weighted by Gasteiger charge is -2.17. The first-order valence-electron chi connectivity index (χ1n) is 7.67. The molecule has 0 radical (unpaired) electrons. The number of halogens is 1. The summed E-state index contributed by atoms with van der Waals surface area (Å²) in [5.74, 6) is 0.889. The fourth-order valence-electron chi connectivity index (χ4n) is 2.12. The van der Waals surface area contributed by atoms with Crippen LogP contribution in [0.4, 0.5) is 0 Å². The molecule has 1 unspecified atom stereocenters. The first kappa shape index (κ1) is 23.1. The molecule has 24 heavy (non-hydrogen) atoms. The van der Waals surface area contributed by atoms with Crippen molar-refractivity contribution < 1.29 is 13.2 Å². The van der Waals surface area contributed by atoms with Crippen LogP contribution < -0.4 is 10.6 Å². The second kappa shape index (κ2) is 12.5. The summed E-state index contributed by atoms with van der Waals surface area (Å²) in [5, 5.41) is 6.28. The summed E-state index contributed by atoms with van der Waals surface area (Å²) in [7, 11) is 0.235. The van der Waals surface area contributed by atoms with Crippen molar-refractivity contribution in [2.45, 2.75) is 25.1 Å². The number of methoxy groups -OCH3 is 1. The van der Waals surface area contributed by atoms with Crippen LogP contribution in [0.25, 0.3) is 0 Å². The van der Waals surface area contributed by atoms with Crippen molar-refractivity contribution >= 4 is 39.8 Å². The molecule has 0 spiro atoms. The van der Waals surface area contributed by atoms with Crippen molar-refractivity contribution in [2.75, 3.05) is 33.1 Å². The molecule has 0 saturated heterocycles. The van der Waals surface area contributed by atoms with E-state index in [9.17, 15) is 8.42 Å². The SMILES string of the molecule is CN=C(NCCCS(=O)(=O)Cc1ccccc1)NC(C)COC.I. The Morgan fingerprint density at radius 3 is 2.54 bits per heavy atom. The van der Waals surface area contributed by atoms with E-state index in [1.807, 2.05) is 37.3 Å². The molecule has 0 amide bonds. The number of guanidine groups is 1. The molecule has 1 atom stereocenters. The summed E-state index contributed by atoms with van der Waals surface area (Å²) in [6.07, 6.45) is 0.536. The van der Waals surface area contributed by atoms with Crippen molar-refractivity contribution in [3.05, 3.63) is 35.9 Å². The third kappa shape index (κ3) is 10.1. The number of sulfone groups is 1. The maximum absolute atomic E-state index is 12.1. The topological polar surface area (TPSA) is 79.8 Å². The molecular formula is C16H28IN3O3S. The Morgan fingerprint density at radius 2 is 1.96 bits per heavy atom. The van der Waals surface area contributed by atoms with Gasteiger partial charge in [-0.25, -0.2) is 8.42 Å². The van der Waals surface area contributed by atoms with E-state index in [0.29, 0.717) is 25.5 Å². The van der Waals surface area contributed by atoms with Crippen LogP contribution in [0, 0.1) is 0 Å². The molecule has 0 aliphatic carbocycles. The van der Waals surface area contributed by atoms with Gasteiger partial charge in [0.05, 0.1) is 18.1 Å². The van der Waals surface area contributed by atoms with Gasteiger partial charge in [-0.2, -0.15) is 0 Å².